The summed E-state index contributed by atoms with van der Waals surface area (Å²) in [7, 11) is 0. The molecule has 0 saturated heterocycles. The molecule has 418 valence electrons. The van der Waals surface area contributed by atoms with Gasteiger partial charge >= 0.3 is 17.9 Å². The van der Waals surface area contributed by atoms with Crippen LogP contribution in [0.4, 0.5) is 0 Å². The Labute approximate surface area is 443 Å². The third-order valence-electron chi connectivity index (χ3n) is 14.4. The van der Waals surface area contributed by atoms with Crippen molar-refractivity contribution in [2.24, 2.45) is 0 Å². The summed E-state index contributed by atoms with van der Waals surface area (Å²) >= 11 is 0. The maximum Gasteiger partial charge on any atom is 0.306 e. The lowest BCUT2D eigenvalue weighted by atomic mass is 10.0. The van der Waals surface area contributed by atoms with E-state index >= 15 is 0 Å². The van der Waals surface area contributed by atoms with E-state index in [1.165, 1.54) is 250 Å². The molecule has 0 aromatic heterocycles. The number of hydrogen-bond acceptors (Lipinski definition) is 6. The van der Waals surface area contributed by atoms with Crippen molar-refractivity contribution in [3.8, 4) is 0 Å². The second-order valence-electron chi connectivity index (χ2n) is 21.7. The molecule has 0 heterocycles. The van der Waals surface area contributed by atoms with Gasteiger partial charge in [0.05, 0.1) is 0 Å². The first-order valence-electron chi connectivity index (χ1n) is 31.8. The van der Waals surface area contributed by atoms with E-state index in [1.807, 2.05) is 0 Å². The van der Waals surface area contributed by atoms with Gasteiger partial charge in [-0.1, -0.05) is 289 Å². The van der Waals surface area contributed by atoms with Gasteiger partial charge < -0.3 is 14.2 Å². The Morgan fingerprint density at radius 1 is 0.268 bits per heavy atom. The molecule has 0 amide bonds. The van der Waals surface area contributed by atoms with Crippen molar-refractivity contribution >= 4 is 17.9 Å². The minimum atomic E-state index is -0.766. The normalized spacial score (nSPS) is 12.1. The molecule has 0 spiro atoms. The molecule has 0 aliphatic rings. The van der Waals surface area contributed by atoms with Gasteiger partial charge in [0.25, 0.3) is 0 Å². The molecule has 0 radical (unpaired) electrons. The van der Waals surface area contributed by atoms with Crippen molar-refractivity contribution in [1.82, 2.24) is 0 Å². The summed E-state index contributed by atoms with van der Waals surface area (Å²) in [5.74, 6) is -0.863. The smallest absolute Gasteiger partial charge is 0.306 e. The van der Waals surface area contributed by atoms with Crippen LogP contribution in [0.5, 0.6) is 0 Å². The molecule has 0 aliphatic heterocycles. The number of hydrogen-bond donors (Lipinski definition) is 0. The van der Waals surface area contributed by atoms with Gasteiger partial charge in [-0.25, -0.2) is 0 Å². The zero-order valence-corrected chi connectivity index (χ0v) is 48.0. The first kappa shape index (κ1) is 68.9. The van der Waals surface area contributed by atoms with E-state index in [2.05, 4.69) is 45.1 Å². The summed E-state index contributed by atoms with van der Waals surface area (Å²) in [4.78, 5) is 37.9. The van der Waals surface area contributed by atoms with E-state index in [1.54, 1.807) is 0 Å². The molecule has 0 aliphatic carbocycles. The zero-order valence-electron chi connectivity index (χ0n) is 48.0. The van der Waals surface area contributed by atoms with Crippen molar-refractivity contribution in [3.05, 3.63) is 24.3 Å². The molecule has 0 rings (SSSR count). The fraction of sp³-hybridized carbons (Fsp3) is 0.892. The molecular weight excluding hydrogens is 877 g/mol. The van der Waals surface area contributed by atoms with Crippen LogP contribution in [0.15, 0.2) is 24.3 Å². The lowest BCUT2D eigenvalue weighted by Crippen LogP contribution is -2.30. The van der Waals surface area contributed by atoms with Gasteiger partial charge in [-0.15, -0.1) is 0 Å². The Kier molecular flexibility index (Phi) is 58.6. The van der Waals surface area contributed by atoms with Crippen molar-refractivity contribution in [2.75, 3.05) is 13.2 Å². The van der Waals surface area contributed by atoms with Gasteiger partial charge in [-0.05, 0) is 70.6 Å². The number of rotatable bonds is 59. The average molecular weight is 1000 g/mol. The number of esters is 3. The second-order valence-corrected chi connectivity index (χ2v) is 21.7. The third kappa shape index (κ3) is 58.7. The number of carbonyl (C=O) groups excluding carboxylic acids is 3. The highest BCUT2D eigenvalue weighted by Gasteiger charge is 2.19. The first-order chi connectivity index (χ1) is 35.0. The van der Waals surface area contributed by atoms with E-state index in [0.29, 0.717) is 19.3 Å². The fourth-order valence-electron chi connectivity index (χ4n) is 9.61. The van der Waals surface area contributed by atoms with E-state index < -0.39 is 6.10 Å². The minimum Gasteiger partial charge on any atom is -0.462 e. The van der Waals surface area contributed by atoms with Crippen molar-refractivity contribution in [3.63, 3.8) is 0 Å². The predicted octanol–water partition coefficient (Wildman–Crippen LogP) is 21.4. The molecule has 0 N–H and O–H groups in total. The molecule has 71 heavy (non-hydrogen) atoms. The number of ether oxygens (including phenoxy) is 3. The summed E-state index contributed by atoms with van der Waals surface area (Å²) in [6, 6.07) is 0. The third-order valence-corrected chi connectivity index (χ3v) is 14.4. The van der Waals surface area contributed by atoms with Crippen LogP contribution in [-0.2, 0) is 28.6 Å². The molecule has 1 atom stereocenters. The topological polar surface area (TPSA) is 78.9 Å². The average Bonchev–Trinajstić information content (AvgIpc) is 3.37. The number of allylic oxidation sites excluding steroid dienone is 4. The Hall–Kier alpha value is -2.11. The maximum atomic E-state index is 12.8. The highest BCUT2D eigenvalue weighted by atomic mass is 16.6. The fourth-order valence-corrected chi connectivity index (χ4v) is 9.61. The second kappa shape index (κ2) is 60.4. The quantitative estimate of drug-likeness (QED) is 0.0261. The maximum absolute atomic E-state index is 12.8. The molecule has 0 bridgehead atoms. The Balaban J connectivity index is 3.95. The molecule has 6 nitrogen and oxygen atoms in total. The van der Waals surface area contributed by atoms with Crippen LogP contribution < -0.4 is 0 Å². The molecule has 0 saturated carbocycles. The van der Waals surface area contributed by atoms with Crippen molar-refractivity contribution in [2.45, 2.75) is 361 Å². The van der Waals surface area contributed by atoms with Crippen molar-refractivity contribution in [1.29, 1.82) is 0 Å². The zero-order chi connectivity index (χ0) is 51.4. The standard InChI is InChI=1S/C65H122O6/c1-4-7-10-13-15-17-19-21-23-25-27-28-29-30-31-32-33-34-35-36-38-39-41-43-45-47-49-52-55-58-64(67)70-61-62(60-69-63(66)57-54-51-12-9-6-3)71-65(68)59-56-53-50-48-46-44-42-40-37-26-24-22-20-18-16-14-11-8-5-2/h22,24-25,27,62H,4-21,23,26,28-61H2,1-3H3/b24-22-,27-25-. The van der Waals surface area contributed by atoms with Crippen LogP contribution in [-0.4, -0.2) is 37.2 Å². The molecular formula is C65H122O6. The van der Waals surface area contributed by atoms with Crippen LogP contribution >= 0.6 is 0 Å². The van der Waals surface area contributed by atoms with Crippen LogP contribution in [0.25, 0.3) is 0 Å². The highest BCUT2D eigenvalue weighted by Crippen LogP contribution is 2.17. The Morgan fingerprint density at radius 2 is 0.465 bits per heavy atom. The monoisotopic (exact) mass is 999 g/mol. The van der Waals surface area contributed by atoms with E-state index in [4.69, 9.17) is 14.2 Å². The van der Waals surface area contributed by atoms with Gasteiger partial charge in [0.2, 0.25) is 0 Å². The predicted molar refractivity (Wildman–Crippen MR) is 307 cm³/mol. The summed E-state index contributed by atoms with van der Waals surface area (Å²) in [5.41, 5.74) is 0. The molecule has 1 unspecified atom stereocenters. The highest BCUT2D eigenvalue weighted by molar-refractivity contribution is 5.71. The SMILES string of the molecule is CCCCCCCC/C=C\CCCCCCCCCCCC(=O)OC(COC(=O)CCCCCCC)COC(=O)CCCCCCCCCCCCCCCCCCC/C=C\CCCCCCCCCC. The van der Waals surface area contributed by atoms with Crippen LogP contribution in [0.1, 0.15) is 355 Å². The van der Waals surface area contributed by atoms with Gasteiger partial charge in [0.15, 0.2) is 6.10 Å². The van der Waals surface area contributed by atoms with Gasteiger partial charge in [0.1, 0.15) is 13.2 Å². The first-order valence-corrected chi connectivity index (χ1v) is 31.8. The summed E-state index contributed by atoms with van der Waals surface area (Å²) in [6.45, 7) is 6.60. The summed E-state index contributed by atoms with van der Waals surface area (Å²) in [6.07, 6.45) is 72.5. The van der Waals surface area contributed by atoms with Gasteiger partial charge in [-0.3, -0.25) is 14.4 Å². The van der Waals surface area contributed by atoms with Crippen LogP contribution in [0.3, 0.4) is 0 Å². The summed E-state index contributed by atoms with van der Waals surface area (Å²) in [5, 5.41) is 0. The lowest BCUT2D eigenvalue weighted by molar-refractivity contribution is -0.167. The molecule has 0 fully saturated rings. The van der Waals surface area contributed by atoms with Crippen LogP contribution in [0.2, 0.25) is 0 Å². The lowest BCUT2D eigenvalue weighted by Gasteiger charge is -2.18. The van der Waals surface area contributed by atoms with Gasteiger partial charge in [0, 0.05) is 19.3 Å². The van der Waals surface area contributed by atoms with Crippen LogP contribution in [0, 0.1) is 0 Å². The Morgan fingerprint density at radius 3 is 0.704 bits per heavy atom. The number of unbranched alkanes of at least 4 members (excludes halogenated alkanes) is 44. The van der Waals surface area contributed by atoms with E-state index in [9.17, 15) is 14.4 Å². The molecule has 0 aromatic carbocycles. The van der Waals surface area contributed by atoms with Crippen molar-refractivity contribution < 1.29 is 28.6 Å². The Bertz CT molecular complexity index is 1150. The van der Waals surface area contributed by atoms with E-state index in [-0.39, 0.29) is 31.1 Å². The van der Waals surface area contributed by atoms with Gasteiger partial charge in [-0.2, -0.15) is 0 Å². The summed E-state index contributed by atoms with van der Waals surface area (Å²) < 4.78 is 16.8. The molecule has 0 aromatic rings. The molecule has 6 heteroatoms. The van der Waals surface area contributed by atoms with E-state index in [0.717, 1.165) is 64.2 Å². The number of carbonyl (C=O) groups is 3. The minimum absolute atomic E-state index is 0.0679. The largest absolute Gasteiger partial charge is 0.462 e.